The first-order chi connectivity index (χ1) is 19.6. The third-order valence-electron chi connectivity index (χ3n) is 8.39. The standard InChI is InChI=1S/C29H33Cl2FN8O/c1-6-22(41)39-11-16(3)40(12-15(39)2)28-20-10-21(30)23(18-8-7-9-19-25(18)35-36-27(19)31)24(32)26(20)33-29(34-28)38-13-17(14-38)37(4)5/h6-10,15-17,22,41H,1,11-14H2,2-5H3,(H,35,36)/t15-,16+,22?/m1/s1. The first kappa shape index (κ1) is 28.1. The summed E-state index contributed by atoms with van der Waals surface area (Å²) in [6, 6.07) is 7.50. The highest BCUT2D eigenvalue weighted by atomic mass is 35.5. The van der Waals surface area contributed by atoms with Gasteiger partial charge in [0.2, 0.25) is 5.95 Å². The fraction of sp³-hybridized carbons (Fsp3) is 0.414. The van der Waals surface area contributed by atoms with Crippen molar-refractivity contribution in [2.45, 2.75) is 38.2 Å². The smallest absolute Gasteiger partial charge is 0.228 e. The number of nitrogens with zero attached hydrogens (tertiary/aromatic N) is 7. The van der Waals surface area contributed by atoms with Gasteiger partial charge < -0.3 is 19.8 Å². The minimum atomic E-state index is -0.746. The molecule has 2 fully saturated rings. The molecule has 6 rings (SSSR count). The Hall–Kier alpha value is -3.02. The summed E-state index contributed by atoms with van der Waals surface area (Å²) in [6.07, 6.45) is 0.787. The van der Waals surface area contributed by atoms with Crippen LogP contribution in [0.1, 0.15) is 13.8 Å². The number of aromatic amines is 1. The molecule has 216 valence electrons. The van der Waals surface area contributed by atoms with E-state index in [1.165, 1.54) is 6.08 Å². The van der Waals surface area contributed by atoms with Crippen LogP contribution in [-0.4, -0.2) is 99.7 Å². The lowest BCUT2D eigenvalue weighted by atomic mass is 9.99. The Balaban J connectivity index is 1.52. The molecular weight excluding hydrogens is 566 g/mol. The van der Waals surface area contributed by atoms with E-state index in [1.54, 1.807) is 18.2 Å². The number of rotatable bonds is 6. The maximum atomic E-state index is 16.7. The number of nitrogens with one attached hydrogen (secondary N) is 1. The number of aliphatic hydroxyl groups excluding tert-OH is 1. The molecule has 12 heteroatoms. The van der Waals surface area contributed by atoms with Gasteiger partial charge in [-0.05, 0) is 46.2 Å². The van der Waals surface area contributed by atoms with Gasteiger partial charge in [-0.15, -0.1) is 0 Å². The van der Waals surface area contributed by atoms with Crippen LogP contribution in [0.15, 0.2) is 36.9 Å². The molecule has 3 atom stereocenters. The van der Waals surface area contributed by atoms with Crippen LogP contribution in [0.2, 0.25) is 10.2 Å². The number of para-hydroxylation sites is 1. The Morgan fingerprint density at radius 1 is 1.10 bits per heavy atom. The number of hydrogen-bond acceptors (Lipinski definition) is 8. The third-order valence-corrected chi connectivity index (χ3v) is 8.98. The van der Waals surface area contributed by atoms with E-state index in [1.807, 2.05) is 32.0 Å². The molecule has 2 N–H and O–H groups in total. The maximum Gasteiger partial charge on any atom is 0.228 e. The van der Waals surface area contributed by atoms with Crippen LogP contribution in [0.4, 0.5) is 16.2 Å². The van der Waals surface area contributed by atoms with E-state index in [2.05, 4.69) is 38.4 Å². The Bertz CT molecular complexity index is 1640. The second-order valence-corrected chi connectivity index (χ2v) is 12.0. The molecule has 2 aromatic carbocycles. The quantitative estimate of drug-likeness (QED) is 0.307. The van der Waals surface area contributed by atoms with Crippen LogP contribution in [0.25, 0.3) is 32.9 Å². The molecule has 0 saturated carbocycles. The monoisotopic (exact) mass is 598 g/mol. The molecule has 2 aromatic heterocycles. The van der Waals surface area contributed by atoms with Crippen molar-refractivity contribution in [3.63, 3.8) is 0 Å². The molecule has 0 aliphatic carbocycles. The van der Waals surface area contributed by atoms with Crippen LogP contribution in [0.5, 0.6) is 0 Å². The minimum absolute atomic E-state index is 0.00333. The topological polar surface area (TPSA) is 87.7 Å². The molecule has 2 aliphatic heterocycles. The fourth-order valence-electron chi connectivity index (χ4n) is 5.88. The van der Waals surface area contributed by atoms with Gasteiger partial charge >= 0.3 is 0 Å². The van der Waals surface area contributed by atoms with E-state index in [9.17, 15) is 5.11 Å². The molecule has 4 heterocycles. The highest BCUT2D eigenvalue weighted by molar-refractivity contribution is 6.36. The zero-order valence-electron chi connectivity index (χ0n) is 23.4. The highest BCUT2D eigenvalue weighted by Gasteiger charge is 2.36. The lowest BCUT2D eigenvalue weighted by Gasteiger charge is -2.46. The first-order valence-electron chi connectivity index (χ1n) is 13.7. The summed E-state index contributed by atoms with van der Waals surface area (Å²) in [6.45, 7) is 10.5. The number of aliphatic hydroxyl groups is 1. The van der Waals surface area contributed by atoms with Gasteiger partial charge in [0, 0.05) is 66.2 Å². The Kier molecular flexibility index (Phi) is 7.32. The molecule has 2 aliphatic rings. The van der Waals surface area contributed by atoms with Crippen LogP contribution < -0.4 is 9.80 Å². The summed E-state index contributed by atoms with van der Waals surface area (Å²) in [4.78, 5) is 18.2. The number of piperazine rings is 1. The number of H-pyrrole nitrogens is 1. The average Bonchev–Trinajstić information content (AvgIpc) is 3.29. The zero-order chi connectivity index (χ0) is 29.2. The van der Waals surface area contributed by atoms with Gasteiger partial charge in [-0.3, -0.25) is 10.00 Å². The maximum absolute atomic E-state index is 16.7. The van der Waals surface area contributed by atoms with Crippen molar-refractivity contribution in [1.29, 1.82) is 0 Å². The largest absolute Gasteiger partial charge is 0.375 e. The molecule has 1 unspecified atom stereocenters. The summed E-state index contributed by atoms with van der Waals surface area (Å²) >= 11 is 13.1. The van der Waals surface area contributed by atoms with Crippen molar-refractivity contribution in [2.24, 2.45) is 0 Å². The lowest BCUT2D eigenvalue weighted by Crippen LogP contribution is -2.59. The number of anilines is 2. The molecule has 2 saturated heterocycles. The average molecular weight is 600 g/mol. The fourth-order valence-corrected chi connectivity index (χ4v) is 6.37. The van der Waals surface area contributed by atoms with Crippen molar-refractivity contribution >= 4 is 56.8 Å². The van der Waals surface area contributed by atoms with Gasteiger partial charge in [-0.25, -0.2) is 9.37 Å². The predicted octanol–water partition coefficient (Wildman–Crippen LogP) is 4.77. The second-order valence-electron chi connectivity index (χ2n) is 11.2. The molecule has 0 spiro atoms. The first-order valence-corrected chi connectivity index (χ1v) is 14.4. The molecule has 9 nitrogen and oxygen atoms in total. The number of hydrogen-bond donors (Lipinski definition) is 2. The van der Waals surface area contributed by atoms with E-state index in [4.69, 9.17) is 33.2 Å². The van der Waals surface area contributed by atoms with Gasteiger partial charge in [0.1, 0.15) is 28.2 Å². The van der Waals surface area contributed by atoms with Crippen molar-refractivity contribution in [3.8, 4) is 11.1 Å². The molecular formula is C29H33Cl2FN8O. The second kappa shape index (κ2) is 10.7. The summed E-state index contributed by atoms with van der Waals surface area (Å²) in [5.74, 6) is 0.570. The van der Waals surface area contributed by atoms with Crippen molar-refractivity contribution in [3.05, 3.63) is 52.9 Å². The SMILES string of the molecule is C=CC(O)N1C[C@H](C)N(c2nc(N3CC(N(C)C)C3)nc3c(F)c(-c4cccc5c(Cl)[nH]nc45)c(Cl)cc23)C[C@H]1C. The molecule has 4 aromatic rings. The van der Waals surface area contributed by atoms with E-state index in [0.717, 1.165) is 13.1 Å². The zero-order valence-corrected chi connectivity index (χ0v) is 25.0. The van der Waals surface area contributed by atoms with Crippen molar-refractivity contribution in [1.82, 2.24) is 30.0 Å². The summed E-state index contributed by atoms with van der Waals surface area (Å²) < 4.78 is 16.7. The Morgan fingerprint density at radius 2 is 1.85 bits per heavy atom. The van der Waals surface area contributed by atoms with Gasteiger partial charge in [0.05, 0.1) is 5.02 Å². The highest BCUT2D eigenvalue weighted by Crippen LogP contribution is 2.42. The van der Waals surface area contributed by atoms with Gasteiger partial charge in [0.25, 0.3) is 0 Å². The lowest BCUT2D eigenvalue weighted by molar-refractivity contribution is 0.0000607. The van der Waals surface area contributed by atoms with Crippen LogP contribution in [0, 0.1) is 5.82 Å². The Labute approximate surface area is 248 Å². The number of likely N-dealkylation sites (N-methyl/N-ethyl adjacent to an activating group) is 1. The van der Waals surface area contributed by atoms with Crippen LogP contribution in [0.3, 0.4) is 0 Å². The van der Waals surface area contributed by atoms with Crippen LogP contribution >= 0.6 is 23.2 Å². The van der Waals surface area contributed by atoms with E-state index < -0.39 is 12.0 Å². The minimum Gasteiger partial charge on any atom is -0.375 e. The van der Waals surface area contributed by atoms with Gasteiger partial charge in [0.15, 0.2) is 5.82 Å². The number of aromatic nitrogens is 4. The van der Waals surface area contributed by atoms with Gasteiger partial charge in [-0.1, -0.05) is 41.9 Å². The predicted molar refractivity (Wildman–Crippen MR) is 163 cm³/mol. The normalized spacial score (nSPS) is 21.2. The number of benzene rings is 2. The number of fused-ring (bicyclic) bond motifs is 2. The van der Waals surface area contributed by atoms with E-state index in [-0.39, 0.29) is 28.2 Å². The van der Waals surface area contributed by atoms with Gasteiger partial charge in [-0.2, -0.15) is 10.1 Å². The number of halogens is 3. The van der Waals surface area contributed by atoms with Crippen molar-refractivity contribution < 1.29 is 9.50 Å². The van der Waals surface area contributed by atoms with Crippen molar-refractivity contribution in [2.75, 3.05) is 50.1 Å². The summed E-state index contributed by atoms with van der Waals surface area (Å²) in [5, 5.41) is 19.4. The summed E-state index contributed by atoms with van der Waals surface area (Å²) in [5.41, 5.74) is 1.48. The third kappa shape index (κ3) is 4.71. The Morgan fingerprint density at radius 3 is 2.56 bits per heavy atom. The molecule has 0 bridgehead atoms. The molecule has 0 radical (unpaired) electrons. The molecule has 0 amide bonds. The van der Waals surface area contributed by atoms with E-state index >= 15 is 4.39 Å². The summed E-state index contributed by atoms with van der Waals surface area (Å²) in [7, 11) is 4.09. The molecule has 41 heavy (non-hydrogen) atoms. The van der Waals surface area contributed by atoms with Crippen LogP contribution in [-0.2, 0) is 0 Å². The van der Waals surface area contributed by atoms with E-state index in [0.29, 0.717) is 57.9 Å².